The van der Waals surface area contributed by atoms with E-state index in [9.17, 15) is 4.79 Å². The summed E-state index contributed by atoms with van der Waals surface area (Å²) in [6, 6.07) is 0. The monoisotopic (exact) mass is 320 g/mol. The molecule has 23 heavy (non-hydrogen) atoms. The first-order valence-corrected chi connectivity index (χ1v) is 8.83. The lowest BCUT2D eigenvalue weighted by Crippen LogP contribution is -2.22. The molecular weight excluding hydrogens is 288 g/mol. The van der Waals surface area contributed by atoms with Crippen LogP contribution in [0.15, 0.2) is 36.0 Å². The summed E-state index contributed by atoms with van der Waals surface area (Å²) in [5.41, 5.74) is 2.18. The lowest BCUT2D eigenvalue weighted by atomic mass is 10.0. The van der Waals surface area contributed by atoms with Gasteiger partial charge in [0.2, 0.25) is 0 Å². The largest absolute Gasteiger partial charge is 0.353 e. The standard InChI is InChI=1S/C20H32O3/c1-4-5-6-12-19(21)18(3)11-9-10-17(2)14-16-23-20-13-7-8-15-22-20/h4,11,14,20H,1,5-10,12-13,15-16H2,2-3H3. The number of hydrogen-bond donors (Lipinski definition) is 0. The zero-order valence-corrected chi connectivity index (χ0v) is 14.8. The second-order valence-corrected chi connectivity index (χ2v) is 6.21. The third kappa shape index (κ3) is 9.52. The van der Waals surface area contributed by atoms with E-state index in [4.69, 9.17) is 9.47 Å². The molecule has 130 valence electrons. The van der Waals surface area contributed by atoms with Gasteiger partial charge in [0.05, 0.1) is 6.61 Å². The fourth-order valence-corrected chi connectivity index (χ4v) is 2.48. The predicted molar refractivity (Wildman–Crippen MR) is 95.3 cm³/mol. The summed E-state index contributed by atoms with van der Waals surface area (Å²) in [6.07, 6.45) is 13.6. The molecule has 1 fully saturated rings. The first-order chi connectivity index (χ1) is 11.1. The van der Waals surface area contributed by atoms with Crippen LogP contribution in [0, 0.1) is 0 Å². The first-order valence-electron chi connectivity index (χ1n) is 8.83. The molecule has 0 aromatic rings. The Labute approximate surface area is 141 Å². The molecule has 1 aliphatic heterocycles. The molecule has 0 spiro atoms. The minimum Gasteiger partial charge on any atom is -0.353 e. The van der Waals surface area contributed by atoms with E-state index in [1.807, 2.05) is 13.0 Å². The zero-order chi connectivity index (χ0) is 16.9. The van der Waals surface area contributed by atoms with Gasteiger partial charge < -0.3 is 9.47 Å². The Morgan fingerprint density at radius 1 is 1.22 bits per heavy atom. The molecule has 1 saturated heterocycles. The Hall–Kier alpha value is -1.19. The molecule has 1 rings (SSSR count). The summed E-state index contributed by atoms with van der Waals surface area (Å²) >= 11 is 0. The molecule has 0 amide bonds. The van der Waals surface area contributed by atoms with Crippen LogP contribution in [0.3, 0.4) is 0 Å². The molecule has 3 heteroatoms. The summed E-state index contributed by atoms with van der Waals surface area (Å²) in [5.74, 6) is 0.256. The molecule has 0 aliphatic carbocycles. The van der Waals surface area contributed by atoms with Gasteiger partial charge in [-0.05, 0) is 64.4 Å². The Morgan fingerprint density at radius 3 is 2.74 bits per heavy atom. The van der Waals surface area contributed by atoms with E-state index in [0.717, 1.165) is 50.7 Å². The van der Waals surface area contributed by atoms with Crippen LogP contribution in [0.4, 0.5) is 0 Å². The van der Waals surface area contributed by atoms with Crippen molar-refractivity contribution in [3.63, 3.8) is 0 Å². The maximum absolute atomic E-state index is 11.9. The van der Waals surface area contributed by atoms with Gasteiger partial charge in [0.1, 0.15) is 0 Å². The molecule has 1 aliphatic rings. The number of Topliss-reactive ketones (excluding diaryl/α,β-unsaturated/α-hetero) is 1. The average molecular weight is 320 g/mol. The second kappa shape index (κ2) is 12.3. The van der Waals surface area contributed by atoms with Crippen molar-refractivity contribution in [3.8, 4) is 0 Å². The van der Waals surface area contributed by atoms with Gasteiger partial charge in [0, 0.05) is 13.0 Å². The Balaban J connectivity index is 2.19. The van der Waals surface area contributed by atoms with E-state index in [2.05, 4.69) is 25.7 Å². The molecule has 0 aromatic carbocycles. The number of unbranched alkanes of at least 4 members (excludes halogenated alkanes) is 1. The number of hydrogen-bond acceptors (Lipinski definition) is 3. The van der Waals surface area contributed by atoms with Crippen molar-refractivity contribution in [2.45, 2.75) is 71.5 Å². The predicted octanol–water partition coefficient (Wildman–Crippen LogP) is 5.13. The van der Waals surface area contributed by atoms with Gasteiger partial charge in [0.25, 0.3) is 0 Å². The fourth-order valence-electron chi connectivity index (χ4n) is 2.48. The summed E-state index contributed by atoms with van der Waals surface area (Å²) in [7, 11) is 0. The number of carbonyl (C=O) groups is 1. The van der Waals surface area contributed by atoms with Gasteiger partial charge >= 0.3 is 0 Å². The van der Waals surface area contributed by atoms with E-state index >= 15 is 0 Å². The highest BCUT2D eigenvalue weighted by atomic mass is 16.7. The topological polar surface area (TPSA) is 35.5 Å². The molecule has 0 bridgehead atoms. The van der Waals surface area contributed by atoms with Crippen molar-refractivity contribution in [2.75, 3.05) is 13.2 Å². The van der Waals surface area contributed by atoms with Crippen LogP contribution >= 0.6 is 0 Å². The highest BCUT2D eigenvalue weighted by Gasteiger charge is 2.12. The smallest absolute Gasteiger partial charge is 0.158 e. The van der Waals surface area contributed by atoms with Gasteiger partial charge in [-0.3, -0.25) is 4.79 Å². The van der Waals surface area contributed by atoms with Crippen LogP contribution in [0.5, 0.6) is 0 Å². The molecule has 0 N–H and O–H groups in total. The molecule has 0 radical (unpaired) electrons. The fraction of sp³-hybridized carbons (Fsp3) is 0.650. The Morgan fingerprint density at radius 2 is 2.04 bits per heavy atom. The van der Waals surface area contributed by atoms with Crippen LogP contribution in [0.1, 0.15) is 65.2 Å². The highest BCUT2D eigenvalue weighted by molar-refractivity contribution is 5.94. The molecular formula is C20H32O3. The van der Waals surface area contributed by atoms with Gasteiger partial charge in [-0.2, -0.15) is 0 Å². The van der Waals surface area contributed by atoms with Crippen LogP contribution < -0.4 is 0 Å². The van der Waals surface area contributed by atoms with Crippen molar-refractivity contribution >= 4 is 5.78 Å². The quantitative estimate of drug-likeness (QED) is 0.301. The molecule has 1 atom stereocenters. The number of ketones is 1. The maximum Gasteiger partial charge on any atom is 0.158 e. The Bertz CT molecular complexity index is 415. The minimum absolute atomic E-state index is 0.0249. The van der Waals surface area contributed by atoms with Crippen LogP contribution in [-0.4, -0.2) is 25.3 Å². The van der Waals surface area contributed by atoms with Crippen molar-refractivity contribution in [1.82, 2.24) is 0 Å². The summed E-state index contributed by atoms with van der Waals surface area (Å²) in [4.78, 5) is 11.9. The number of rotatable bonds is 11. The molecule has 3 nitrogen and oxygen atoms in total. The van der Waals surface area contributed by atoms with Crippen molar-refractivity contribution in [1.29, 1.82) is 0 Å². The molecule has 1 unspecified atom stereocenters. The second-order valence-electron chi connectivity index (χ2n) is 6.21. The lowest BCUT2D eigenvalue weighted by molar-refractivity contribution is -0.155. The summed E-state index contributed by atoms with van der Waals surface area (Å²) < 4.78 is 11.2. The lowest BCUT2D eigenvalue weighted by Gasteiger charge is -2.22. The van der Waals surface area contributed by atoms with Gasteiger partial charge in [-0.15, -0.1) is 6.58 Å². The van der Waals surface area contributed by atoms with E-state index in [-0.39, 0.29) is 12.1 Å². The van der Waals surface area contributed by atoms with E-state index in [0.29, 0.717) is 13.0 Å². The van der Waals surface area contributed by atoms with E-state index in [1.54, 1.807) is 0 Å². The summed E-state index contributed by atoms with van der Waals surface area (Å²) in [6.45, 7) is 9.13. The van der Waals surface area contributed by atoms with Crippen LogP contribution in [-0.2, 0) is 14.3 Å². The molecule has 0 saturated carbocycles. The SMILES string of the molecule is C=CCCCC(=O)C(C)=CCCC(C)=CCOC1CCCCO1. The van der Waals surface area contributed by atoms with Crippen LogP contribution in [0.25, 0.3) is 0 Å². The average Bonchev–Trinajstić information content (AvgIpc) is 2.56. The van der Waals surface area contributed by atoms with E-state index in [1.165, 1.54) is 12.0 Å². The maximum atomic E-state index is 11.9. The molecule has 1 heterocycles. The third-order valence-electron chi connectivity index (χ3n) is 4.09. The zero-order valence-electron chi connectivity index (χ0n) is 14.8. The van der Waals surface area contributed by atoms with Crippen molar-refractivity contribution in [2.24, 2.45) is 0 Å². The minimum atomic E-state index is -0.0249. The summed E-state index contributed by atoms with van der Waals surface area (Å²) in [5, 5.41) is 0. The van der Waals surface area contributed by atoms with Gasteiger partial charge in [-0.1, -0.05) is 23.8 Å². The van der Waals surface area contributed by atoms with Crippen LogP contribution in [0.2, 0.25) is 0 Å². The number of allylic oxidation sites excluding steroid dienone is 4. The van der Waals surface area contributed by atoms with E-state index < -0.39 is 0 Å². The highest BCUT2D eigenvalue weighted by Crippen LogP contribution is 2.14. The first kappa shape index (κ1) is 19.9. The normalized spacial score (nSPS) is 19.7. The number of ether oxygens (including phenoxy) is 2. The Kier molecular flexibility index (Phi) is 10.6. The van der Waals surface area contributed by atoms with Gasteiger partial charge in [-0.25, -0.2) is 0 Å². The van der Waals surface area contributed by atoms with Crippen molar-refractivity contribution in [3.05, 3.63) is 36.0 Å². The van der Waals surface area contributed by atoms with Crippen molar-refractivity contribution < 1.29 is 14.3 Å². The third-order valence-corrected chi connectivity index (χ3v) is 4.09. The number of carbonyl (C=O) groups excluding carboxylic acids is 1. The van der Waals surface area contributed by atoms with Gasteiger partial charge in [0.15, 0.2) is 12.1 Å². The molecule has 0 aromatic heterocycles.